The summed E-state index contributed by atoms with van der Waals surface area (Å²) in [6.07, 6.45) is 1.31. The third-order valence-corrected chi connectivity index (χ3v) is 2.91. The van der Waals surface area contributed by atoms with Crippen molar-refractivity contribution < 1.29 is 13.9 Å². The Morgan fingerprint density at radius 3 is 2.76 bits per heavy atom. The molecule has 1 atom stereocenters. The molecule has 1 heterocycles. The summed E-state index contributed by atoms with van der Waals surface area (Å²) in [6, 6.07) is 12.8. The first-order valence-electron chi connectivity index (χ1n) is 6.61. The van der Waals surface area contributed by atoms with Gasteiger partial charge in [0.2, 0.25) is 0 Å². The number of nitriles is 1. The lowest BCUT2D eigenvalue weighted by Gasteiger charge is -2.14. The Hall–Kier alpha value is -2.74. The average molecular weight is 284 g/mol. The molecule has 5 nitrogen and oxygen atoms in total. The molecular formula is C16H16N2O3. The van der Waals surface area contributed by atoms with Crippen molar-refractivity contribution in [3.63, 3.8) is 0 Å². The Morgan fingerprint density at radius 1 is 1.38 bits per heavy atom. The Kier molecular flexibility index (Phi) is 4.99. The summed E-state index contributed by atoms with van der Waals surface area (Å²) in [5.41, 5.74) is 0.916. The number of furan rings is 1. The van der Waals surface area contributed by atoms with Gasteiger partial charge >= 0.3 is 0 Å². The highest BCUT2D eigenvalue weighted by atomic mass is 16.5. The first-order valence-corrected chi connectivity index (χ1v) is 6.61. The lowest BCUT2D eigenvalue weighted by Crippen LogP contribution is -2.35. The van der Waals surface area contributed by atoms with Crippen molar-refractivity contribution in [2.75, 3.05) is 0 Å². The van der Waals surface area contributed by atoms with Crippen molar-refractivity contribution in [1.29, 1.82) is 5.26 Å². The first kappa shape index (κ1) is 14.7. The molecule has 0 spiro atoms. The van der Waals surface area contributed by atoms with Crippen LogP contribution >= 0.6 is 0 Å². The Labute approximate surface area is 123 Å². The molecule has 0 aliphatic heterocycles. The monoisotopic (exact) mass is 284 g/mol. The smallest absolute Gasteiger partial charge is 0.261 e. The van der Waals surface area contributed by atoms with Gasteiger partial charge in [-0.1, -0.05) is 12.1 Å². The highest BCUT2D eigenvalue weighted by Crippen LogP contribution is 2.14. The Bertz CT molecular complexity index is 612. The molecule has 0 saturated carbocycles. The molecule has 0 fully saturated rings. The van der Waals surface area contributed by atoms with E-state index in [0.717, 1.165) is 5.56 Å². The second kappa shape index (κ2) is 7.15. The molecule has 108 valence electrons. The zero-order valence-electron chi connectivity index (χ0n) is 11.7. The standard InChI is InChI=1S/C16H16N2O3/c1-12(16(19)18-11-15-3-2-10-20-15)21-14-6-4-13(5-7-14)8-9-17/h2-7,10,12H,8,11H2,1H3,(H,18,19). The molecule has 0 bridgehead atoms. The van der Waals surface area contributed by atoms with Crippen LogP contribution < -0.4 is 10.1 Å². The quantitative estimate of drug-likeness (QED) is 0.884. The molecule has 2 rings (SSSR count). The van der Waals surface area contributed by atoms with E-state index in [2.05, 4.69) is 11.4 Å². The number of nitrogens with one attached hydrogen (secondary N) is 1. The van der Waals surface area contributed by atoms with Gasteiger partial charge in [0.1, 0.15) is 11.5 Å². The van der Waals surface area contributed by atoms with E-state index in [0.29, 0.717) is 24.5 Å². The predicted octanol–water partition coefficient (Wildman–Crippen LogP) is 2.43. The highest BCUT2D eigenvalue weighted by Gasteiger charge is 2.14. The van der Waals surface area contributed by atoms with E-state index in [-0.39, 0.29) is 5.91 Å². The van der Waals surface area contributed by atoms with Gasteiger partial charge < -0.3 is 14.5 Å². The number of hydrogen-bond acceptors (Lipinski definition) is 4. The number of carbonyl (C=O) groups excluding carboxylic acids is 1. The molecule has 0 aliphatic carbocycles. The van der Waals surface area contributed by atoms with Gasteiger partial charge in [0.05, 0.1) is 25.3 Å². The summed E-state index contributed by atoms with van der Waals surface area (Å²) in [5.74, 6) is 1.07. The minimum absolute atomic E-state index is 0.215. The van der Waals surface area contributed by atoms with E-state index in [4.69, 9.17) is 14.4 Å². The maximum atomic E-state index is 11.9. The first-order chi connectivity index (χ1) is 10.2. The van der Waals surface area contributed by atoms with Gasteiger partial charge in [0, 0.05) is 0 Å². The van der Waals surface area contributed by atoms with Crippen molar-refractivity contribution in [3.05, 3.63) is 54.0 Å². The molecular weight excluding hydrogens is 268 g/mol. The lowest BCUT2D eigenvalue weighted by atomic mass is 10.2. The summed E-state index contributed by atoms with van der Waals surface area (Å²) < 4.78 is 10.7. The fourth-order valence-corrected chi connectivity index (χ4v) is 1.77. The van der Waals surface area contributed by atoms with Crippen molar-refractivity contribution >= 4 is 5.91 Å². The topological polar surface area (TPSA) is 75.3 Å². The van der Waals surface area contributed by atoms with E-state index in [9.17, 15) is 4.79 Å². The molecule has 0 radical (unpaired) electrons. The SMILES string of the molecule is CC(Oc1ccc(CC#N)cc1)C(=O)NCc1ccco1. The van der Waals surface area contributed by atoms with Gasteiger partial charge in [-0.2, -0.15) is 5.26 Å². The molecule has 1 unspecified atom stereocenters. The normalized spacial score (nSPS) is 11.4. The summed E-state index contributed by atoms with van der Waals surface area (Å²) in [5, 5.41) is 11.3. The van der Waals surface area contributed by atoms with Crippen molar-refractivity contribution in [2.24, 2.45) is 0 Å². The third kappa shape index (κ3) is 4.39. The molecule has 0 saturated heterocycles. The summed E-state index contributed by atoms with van der Waals surface area (Å²) in [4.78, 5) is 11.9. The molecule has 1 N–H and O–H groups in total. The van der Waals surface area contributed by atoms with Crippen LogP contribution in [0.3, 0.4) is 0 Å². The average Bonchev–Trinajstić information content (AvgIpc) is 3.00. The van der Waals surface area contributed by atoms with E-state index < -0.39 is 6.10 Å². The van der Waals surface area contributed by atoms with Gasteiger partial charge in [0.25, 0.3) is 5.91 Å². The van der Waals surface area contributed by atoms with Crippen LogP contribution in [0.15, 0.2) is 47.1 Å². The van der Waals surface area contributed by atoms with Crippen LogP contribution in [0.25, 0.3) is 0 Å². The minimum Gasteiger partial charge on any atom is -0.481 e. The largest absolute Gasteiger partial charge is 0.481 e. The van der Waals surface area contributed by atoms with Gasteiger partial charge in [-0.3, -0.25) is 4.79 Å². The third-order valence-electron chi connectivity index (χ3n) is 2.91. The fraction of sp³-hybridized carbons (Fsp3) is 0.250. The van der Waals surface area contributed by atoms with Crippen LogP contribution in [0.1, 0.15) is 18.2 Å². The number of rotatable bonds is 6. The molecule has 1 amide bonds. The maximum Gasteiger partial charge on any atom is 0.261 e. The lowest BCUT2D eigenvalue weighted by molar-refractivity contribution is -0.127. The summed E-state index contributed by atoms with van der Waals surface area (Å²) >= 11 is 0. The second-order valence-electron chi connectivity index (χ2n) is 4.54. The summed E-state index contributed by atoms with van der Waals surface area (Å²) in [6.45, 7) is 2.02. The number of hydrogen-bond donors (Lipinski definition) is 1. The Morgan fingerprint density at radius 2 is 2.14 bits per heavy atom. The van der Waals surface area contributed by atoms with Crippen LogP contribution in [0.5, 0.6) is 5.75 Å². The Balaban J connectivity index is 1.83. The van der Waals surface area contributed by atoms with Gasteiger partial charge in [-0.05, 0) is 36.8 Å². The van der Waals surface area contributed by atoms with Crippen LogP contribution in [-0.2, 0) is 17.8 Å². The molecule has 2 aromatic rings. The molecule has 21 heavy (non-hydrogen) atoms. The van der Waals surface area contributed by atoms with Crippen LogP contribution in [0.4, 0.5) is 0 Å². The number of benzene rings is 1. The molecule has 5 heteroatoms. The molecule has 1 aromatic carbocycles. The number of nitrogens with zero attached hydrogens (tertiary/aromatic N) is 1. The maximum absolute atomic E-state index is 11.9. The van der Waals surface area contributed by atoms with E-state index in [1.807, 2.05) is 12.1 Å². The second-order valence-corrected chi connectivity index (χ2v) is 4.54. The van der Waals surface area contributed by atoms with E-state index in [1.54, 1.807) is 37.5 Å². The number of amides is 1. The van der Waals surface area contributed by atoms with Crippen molar-refractivity contribution in [2.45, 2.75) is 26.0 Å². The molecule has 1 aromatic heterocycles. The summed E-state index contributed by atoms with van der Waals surface area (Å²) in [7, 11) is 0. The highest BCUT2D eigenvalue weighted by molar-refractivity contribution is 5.80. The molecule has 0 aliphatic rings. The van der Waals surface area contributed by atoms with Crippen LogP contribution in [0, 0.1) is 11.3 Å². The van der Waals surface area contributed by atoms with Crippen molar-refractivity contribution in [3.8, 4) is 11.8 Å². The zero-order valence-corrected chi connectivity index (χ0v) is 11.7. The van der Waals surface area contributed by atoms with Crippen LogP contribution in [-0.4, -0.2) is 12.0 Å². The van der Waals surface area contributed by atoms with Gasteiger partial charge in [-0.15, -0.1) is 0 Å². The number of carbonyl (C=O) groups is 1. The van der Waals surface area contributed by atoms with Gasteiger partial charge in [-0.25, -0.2) is 0 Å². The minimum atomic E-state index is -0.609. The predicted molar refractivity (Wildman–Crippen MR) is 76.4 cm³/mol. The zero-order chi connectivity index (χ0) is 15.1. The number of ether oxygens (including phenoxy) is 1. The van der Waals surface area contributed by atoms with Crippen LogP contribution in [0.2, 0.25) is 0 Å². The fourth-order valence-electron chi connectivity index (χ4n) is 1.77. The van der Waals surface area contributed by atoms with Gasteiger partial charge in [0.15, 0.2) is 6.10 Å². The van der Waals surface area contributed by atoms with E-state index >= 15 is 0 Å². The van der Waals surface area contributed by atoms with E-state index in [1.165, 1.54) is 0 Å². The van der Waals surface area contributed by atoms with Crippen molar-refractivity contribution in [1.82, 2.24) is 5.32 Å².